The van der Waals surface area contributed by atoms with Gasteiger partial charge in [0.05, 0.1) is 6.61 Å². The van der Waals surface area contributed by atoms with Gasteiger partial charge in [-0.05, 0) is 49.4 Å². The van der Waals surface area contributed by atoms with Crippen molar-refractivity contribution < 1.29 is 9.53 Å². The number of nitrogens with one attached hydrogen (secondary N) is 1. The summed E-state index contributed by atoms with van der Waals surface area (Å²) in [5.41, 5.74) is 2.33. The van der Waals surface area contributed by atoms with Crippen molar-refractivity contribution in [3.8, 4) is 5.88 Å². The molecule has 22 heavy (non-hydrogen) atoms. The Morgan fingerprint density at radius 3 is 3.00 bits per heavy atom. The molecule has 5 heteroatoms. The van der Waals surface area contributed by atoms with Crippen LogP contribution >= 0.6 is 15.9 Å². The minimum atomic E-state index is -0.167. The van der Waals surface area contributed by atoms with E-state index in [2.05, 4.69) is 26.2 Å². The smallest absolute Gasteiger partial charge is 0.255 e. The van der Waals surface area contributed by atoms with Gasteiger partial charge in [-0.15, -0.1) is 0 Å². The molecule has 114 valence electrons. The third-order valence-corrected chi connectivity index (χ3v) is 4.54. The number of carbonyl (C=O) groups excluding carboxylic acids is 1. The topological polar surface area (TPSA) is 51.2 Å². The molecule has 1 saturated carbocycles. The fourth-order valence-corrected chi connectivity index (χ4v) is 2.42. The van der Waals surface area contributed by atoms with E-state index in [1.54, 1.807) is 18.3 Å². The molecule has 1 heterocycles. The molecule has 1 aromatic heterocycles. The van der Waals surface area contributed by atoms with Crippen LogP contribution in [0.3, 0.4) is 0 Å². The maximum atomic E-state index is 12.4. The summed E-state index contributed by atoms with van der Waals surface area (Å²) in [5.74, 6) is 0.994. The van der Waals surface area contributed by atoms with Crippen LogP contribution in [-0.2, 0) is 0 Å². The van der Waals surface area contributed by atoms with E-state index < -0.39 is 0 Å². The number of hydrogen-bond acceptors (Lipinski definition) is 3. The van der Waals surface area contributed by atoms with Crippen molar-refractivity contribution in [3.63, 3.8) is 0 Å². The van der Waals surface area contributed by atoms with Crippen LogP contribution in [0.4, 0.5) is 5.69 Å². The molecule has 1 N–H and O–H groups in total. The van der Waals surface area contributed by atoms with E-state index in [4.69, 9.17) is 4.74 Å². The van der Waals surface area contributed by atoms with E-state index >= 15 is 0 Å². The number of nitrogens with zero attached hydrogens (tertiary/aromatic N) is 1. The van der Waals surface area contributed by atoms with Crippen LogP contribution in [0.5, 0.6) is 5.88 Å². The third kappa shape index (κ3) is 3.65. The Kier molecular flexibility index (Phi) is 4.43. The SMILES string of the molecule is Cc1c(Br)cccc1NC(=O)c1ccnc(OCC2CC2)c1. The van der Waals surface area contributed by atoms with Crippen LogP contribution in [0.25, 0.3) is 0 Å². The van der Waals surface area contributed by atoms with Gasteiger partial charge in [0.15, 0.2) is 0 Å². The molecule has 4 nitrogen and oxygen atoms in total. The van der Waals surface area contributed by atoms with Gasteiger partial charge in [-0.3, -0.25) is 4.79 Å². The fourth-order valence-electron chi connectivity index (χ4n) is 2.05. The second-order valence-electron chi connectivity index (χ2n) is 5.50. The Bertz CT molecular complexity index is 699. The van der Waals surface area contributed by atoms with Crippen molar-refractivity contribution in [3.05, 3.63) is 52.1 Å². The number of rotatable bonds is 5. The van der Waals surface area contributed by atoms with Crippen molar-refractivity contribution in [2.75, 3.05) is 11.9 Å². The van der Waals surface area contributed by atoms with Gasteiger partial charge in [-0.25, -0.2) is 4.98 Å². The van der Waals surface area contributed by atoms with Gasteiger partial charge in [0.1, 0.15) is 0 Å². The van der Waals surface area contributed by atoms with Gasteiger partial charge in [-0.1, -0.05) is 22.0 Å². The molecule has 0 atom stereocenters. The van der Waals surface area contributed by atoms with Gasteiger partial charge < -0.3 is 10.1 Å². The number of hydrogen-bond donors (Lipinski definition) is 1. The molecule has 0 radical (unpaired) electrons. The molecule has 0 saturated heterocycles. The van der Waals surface area contributed by atoms with Crippen molar-refractivity contribution in [1.82, 2.24) is 4.98 Å². The highest BCUT2D eigenvalue weighted by molar-refractivity contribution is 9.10. The highest BCUT2D eigenvalue weighted by atomic mass is 79.9. The summed E-state index contributed by atoms with van der Waals surface area (Å²) in [6.07, 6.45) is 4.05. The second-order valence-corrected chi connectivity index (χ2v) is 6.36. The van der Waals surface area contributed by atoms with Gasteiger partial charge in [0.2, 0.25) is 5.88 Å². The van der Waals surface area contributed by atoms with Crippen LogP contribution in [0.1, 0.15) is 28.8 Å². The first kappa shape index (κ1) is 15.0. The monoisotopic (exact) mass is 360 g/mol. The predicted molar refractivity (Wildman–Crippen MR) is 89.3 cm³/mol. The molecule has 1 amide bonds. The molecule has 1 aliphatic rings. The average molecular weight is 361 g/mol. The number of halogens is 1. The zero-order valence-corrected chi connectivity index (χ0v) is 13.9. The highest BCUT2D eigenvalue weighted by Gasteiger charge is 2.22. The van der Waals surface area contributed by atoms with E-state index in [-0.39, 0.29) is 5.91 Å². The quantitative estimate of drug-likeness (QED) is 0.869. The Balaban J connectivity index is 1.71. The van der Waals surface area contributed by atoms with Gasteiger partial charge in [0, 0.05) is 28.0 Å². The number of pyridine rings is 1. The van der Waals surface area contributed by atoms with E-state index in [0.717, 1.165) is 15.7 Å². The molecule has 0 aliphatic heterocycles. The van der Waals surface area contributed by atoms with Crippen LogP contribution < -0.4 is 10.1 Å². The van der Waals surface area contributed by atoms with Gasteiger partial charge >= 0.3 is 0 Å². The molecule has 0 unspecified atom stereocenters. The summed E-state index contributed by atoms with van der Waals surface area (Å²) in [4.78, 5) is 16.5. The fraction of sp³-hybridized carbons (Fsp3) is 0.294. The van der Waals surface area contributed by atoms with Crippen LogP contribution in [0.15, 0.2) is 41.0 Å². The largest absolute Gasteiger partial charge is 0.477 e. The Morgan fingerprint density at radius 1 is 1.41 bits per heavy atom. The molecule has 0 spiro atoms. The Hall–Kier alpha value is -1.88. The molecule has 0 bridgehead atoms. The predicted octanol–water partition coefficient (Wildman–Crippen LogP) is 4.19. The average Bonchev–Trinajstić information content (AvgIpc) is 3.34. The number of carbonyl (C=O) groups is 1. The number of benzene rings is 1. The lowest BCUT2D eigenvalue weighted by Crippen LogP contribution is -2.13. The minimum absolute atomic E-state index is 0.167. The normalized spacial score (nSPS) is 13.7. The summed E-state index contributed by atoms with van der Waals surface area (Å²) in [6.45, 7) is 2.64. The second kappa shape index (κ2) is 6.48. The lowest BCUT2D eigenvalue weighted by atomic mass is 10.2. The standard InChI is InChI=1S/C17H17BrN2O2/c1-11-14(18)3-2-4-15(11)20-17(21)13-7-8-19-16(9-13)22-10-12-5-6-12/h2-4,7-9,12H,5-6,10H2,1H3,(H,20,21). The molecule has 3 rings (SSSR count). The zero-order chi connectivity index (χ0) is 15.5. The van der Waals surface area contributed by atoms with E-state index in [1.165, 1.54) is 12.8 Å². The number of amides is 1. The van der Waals surface area contributed by atoms with E-state index in [1.807, 2.05) is 25.1 Å². The molecule has 1 aromatic carbocycles. The summed E-state index contributed by atoms with van der Waals surface area (Å²) in [6, 6.07) is 9.09. The maximum Gasteiger partial charge on any atom is 0.255 e. The van der Waals surface area contributed by atoms with Gasteiger partial charge in [0.25, 0.3) is 5.91 Å². The number of aromatic nitrogens is 1. The molecule has 1 fully saturated rings. The summed E-state index contributed by atoms with van der Waals surface area (Å²) in [7, 11) is 0. The molecule has 2 aromatic rings. The first-order chi connectivity index (χ1) is 10.6. The van der Waals surface area contributed by atoms with E-state index in [9.17, 15) is 4.79 Å². The molecular weight excluding hydrogens is 344 g/mol. The highest BCUT2D eigenvalue weighted by Crippen LogP contribution is 2.29. The Labute approximate surface area is 138 Å². The van der Waals surface area contributed by atoms with Crippen molar-refractivity contribution >= 4 is 27.5 Å². The van der Waals surface area contributed by atoms with E-state index in [0.29, 0.717) is 24.0 Å². The third-order valence-electron chi connectivity index (χ3n) is 3.68. The van der Waals surface area contributed by atoms with Crippen LogP contribution in [0.2, 0.25) is 0 Å². The number of ether oxygens (including phenoxy) is 1. The van der Waals surface area contributed by atoms with Crippen LogP contribution in [0, 0.1) is 12.8 Å². The summed E-state index contributed by atoms with van der Waals surface area (Å²) in [5, 5.41) is 2.92. The summed E-state index contributed by atoms with van der Waals surface area (Å²) < 4.78 is 6.58. The zero-order valence-electron chi connectivity index (χ0n) is 12.3. The van der Waals surface area contributed by atoms with Crippen LogP contribution in [-0.4, -0.2) is 17.5 Å². The first-order valence-electron chi connectivity index (χ1n) is 7.29. The lowest BCUT2D eigenvalue weighted by molar-refractivity contribution is 0.102. The minimum Gasteiger partial charge on any atom is -0.477 e. The van der Waals surface area contributed by atoms with Crippen molar-refractivity contribution in [2.24, 2.45) is 5.92 Å². The lowest BCUT2D eigenvalue weighted by Gasteiger charge is -2.10. The first-order valence-corrected chi connectivity index (χ1v) is 8.08. The maximum absolute atomic E-state index is 12.4. The molecule has 1 aliphatic carbocycles. The van der Waals surface area contributed by atoms with Crippen molar-refractivity contribution in [2.45, 2.75) is 19.8 Å². The number of anilines is 1. The Morgan fingerprint density at radius 2 is 2.23 bits per heavy atom. The molecular formula is C17H17BrN2O2. The summed E-state index contributed by atoms with van der Waals surface area (Å²) >= 11 is 3.46. The van der Waals surface area contributed by atoms with Gasteiger partial charge in [-0.2, -0.15) is 0 Å². The van der Waals surface area contributed by atoms with Crippen molar-refractivity contribution in [1.29, 1.82) is 0 Å².